The number of hydrogen-bond donors (Lipinski definition) is 2. The number of fused-ring (bicyclic) bond motifs is 1. The zero-order valence-electron chi connectivity index (χ0n) is 20.7. The van der Waals surface area contributed by atoms with Crippen LogP contribution < -0.4 is 5.32 Å². The second kappa shape index (κ2) is 10.6. The Morgan fingerprint density at radius 2 is 1.65 bits per heavy atom. The summed E-state index contributed by atoms with van der Waals surface area (Å²) in [7, 11) is 0. The summed E-state index contributed by atoms with van der Waals surface area (Å²) < 4.78 is 5.89. The van der Waals surface area contributed by atoms with E-state index in [-0.39, 0.29) is 18.4 Å². The molecule has 0 aliphatic heterocycles. The molecule has 5 aromatic rings. The Kier molecular flexibility index (Phi) is 7.13. The van der Waals surface area contributed by atoms with Crippen molar-refractivity contribution in [3.63, 3.8) is 0 Å². The third-order valence-corrected chi connectivity index (χ3v) is 6.85. The van der Waals surface area contributed by atoms with E-state index >= 15 is 0 Å². The summed E-state index contributed by atoms with van der Waals surface area (Å²) in [5, 5.41) is 15.4. The van der Waals surface area contributed by atoms with Crippen LogP contribution in [0.2, 0.25) is 5.02 Å². The molecule has 0 bridgehead atoms. The van der Waals surface area contributed by atoms with Crippen LogP contribution in [0.3, 0.4) is 0 Å². The number of halogens is 1. The van der Waals surface area contributed by atoms with Crippen molar-refractivity contribution >= 4 is 28.5 Å². The second-order valence-corrected chi connectivity index (χ2v) is 9.86. The number of carbonyl (C=O) groups excluding carboxylic acids is 1. The van der Waals surface area contributed by atoms with Gasteiger partial charge in [-0.1, -0.05) is 83.9 Å². The first kappa shape index (κ1) is 24.8. The average Bonchev–Trinajstić information content (AvgIpc) is 3.32. The predicted molar refractivity (Wildman–Crippen MR) is 148 cm³/mol. The minimum atomic E-state index is -0.902. The lowest BCUT2D eigenvalue weighted by Gasteiger charge is -2.22. The highest BCUT2D eigenvalue weighted by Gasteiger charge is 2.20. The second-order valence-electron chi connectivity index (χ2n) is 9.42. The summed E-state index contributed by atoms with van der Waals surface area (Å²) in [5.74, 6) is 0.371. The third kappa shape index (κ3) is 5.61. The Morgan fingerprint density at radius 3 is 2.38 bits per heavy atom. The van der Waals surface area contributed by atoms with E-state index in [0.29, 0.717) is 21.9 Å². The maximum Gasteiger partial charge on any atom is 0.225 e. The highest BCUT2D eigenvalue weighted by molar-refractivity contribution is 6.30. The van der Waals surface area contributed by atoms with E-state index in [1.807, 2.05) is 54.6 Å². The Labute approximate surface area is 221 Å². The Bertz CT molecular complexity index is 1540. The molecule has 4 nitrogen and oxygen atoms in total. The van der Waals surface area contributed by atoms with Gasteiger partial charge in [-0.2, -0.15) is 0 Å². The molecule has 1 unspecified atom stereocenters. The number of nitrogens with one attached hydrogen (secondary N) is 1. The third-order valence-electron chi connectivity index (χ3n) is 6.59. The number of rotatable bonds is 7. The van der Waals surface area contributed by atoms with Crippen LogP contribution in [0.1, 0.15) is 51.3 Å². The molecule has 0 saturated carbocycles. The molecular formula is C32H28ClNO3. The van der Waals surface area contributed by atoms with Gasteiger partial charge in [-0.15, -0.1) is 0 Å². The first-order valence-corrected chi connectivity index (χ1v) is 12.6. The van der Waals surface area contributed by atoms with E-state index in [1.165, 1.54) is 5.56 Å². The van der Waals surface area contributed by atoms with Crippen molar-refractivity contribution in [2.45, 2.75) is 32.4 Å². The van der Waals surface area contributed by atoms with Crippen LogP contribution in [0, 0.1) is 13.8 Å². The number of carbonyl (C=O) groups is 1. The molecule has 1 heterocycles. The summed E-state index contributed by atoms with van der Waals surface area (Å²) in [5.41, 5.74) is 6.66. The van der Waals surface area contributed by atoms with Gasteiger partial charge in [-0.25, -0.2) is 0 Å². The number of hydrogen-bond acceptors (Lipinski definition) is 3. The van der Waals surface area contributed by atoms with Gasteiger partial charge in [0, 0.05) is 10.4 Å². The van der Waals surface area contributed by atoms with Crippen molar-refractivity contribution in [1.29, 1.82) is 0 Å². The van der Waals surface area contributed by atoms with Gasteiger partial charge in [0.15, 0.2) is 0 Å². The predicted octanol–water partition coefficient (Wildman–Crippen LogP) is 7.23. The number of aliphatic hydroxyl groups excluding tert-OH is 1. The van der Waals surface area contributed by atoms with Gasteiger partial charge in [0.2, 0.25) is 5.91 Å². The van der Waals surface area contributed by atoms with Gasteiger partial charge in [-0.3, -0.25) is 4.79 Å². The molecule has 0 radical (unpaired) electrons. The zero-order chi connectivity index (χ0) is 25.9. The van der Waals surface area contributed by atoms with Crippen LogP contribution >= 0.6 is 11.6 Å². The topological polar surface area (TPSA) is 62.5 Å². The van der Waals surface area contributed by atoms with Crippen molar-refractivity contribution in [3.8, 4) is 0 Å². The van der Waals surface area contributed by atoms with Crippen LogP contribution in [0.15, 0.2) is 101 Å². The maximum absolute atomic E-state index is 13.2. The number of benzene rings is 4. The van der Waals surface area contributed by atoms with E-state index in [4.69, 9.17) is 16.0 Å². The van der Waals surface area contributed by atoms with E-state index in [0.717, 1.165) is 27.6 Å². The van der Waals surface area contributed by atoms with E-state index in [1.54, 1.807) is 24.3 Å². The molecule has 0 aliphatic rings. The number of amides is 1. The molecule has 4 aromatic carbocycles. The van der Waals surface area contributed by atoms with E-state index < -0.39 is 6.10 Å². The highest BCUT2D eigenvalue weighted by atomic mass is 35.5. The molecule has 5 heteroatoms. The van der Waals surface area contributed by atoms with Gasteiger partial charge in [0.1, 0.15) is 17.4 Å². The SMILES string of the molecule is Cc1ccc([C@@H](NC(=O)Cc2ccc3oc(C(O)c4ccc(Cl)cc4)cc3c2)c2ccccc2)c(C)c1. The van der Waals surface area contributed by atoms with Gasteiger partial charge in [0.25, 0.3) is 0 Å². The molecule has 0 fully saturated rings. The molecule has 1 aromatic heterocycles. The maximum atomic E-state index is 13.2. The van der Waals surface area contributed by atoms with E-state index in [2.05, 4.69) is 37.4 Å². The minimum absolute atomic E-state index is 0.0712. The summed E-state index contributed by atoms with van der Waals surface area (Å²) in [6, 6.07) is 30.6. The fourth-order valence-electron chi connectivity index (χ4n) is 4.70. The largest absolute Gasteiger partial charge is 0.458 e. The van der Waals surface area contributed by atoms with Gasteiger partial charge in [-0.05, 0) is 72.0 Å². The molecule has 37 heavy (non-hydrogen) atoms. The summed E-state index contributed by atoms with van der Waals surface area (Å²) in [4.78, 5) is 13.2. The Morgan fingerprint density at radius 1 is 0.892 bits per heavy atom. The van der Waals surface area contributed by atoms with Crippen molar-refractivity contribution in [1.82, 2.24) is 5.32 Å². The minimum Gasteiger partial charge on any atom is -0.458 e. The summed E-state index contributed by atoms with van der Waals surface area (Å²) >= 11 is 5.96. The van der Waals surface area contributed by atoms with Crippen LogP contribution in [0.25, 0.3) is 11.0 Å². The summed E-state index contributed by atoms with van der Waals surface area (Å²) in [6.45, 7) is 4.14. The molecular weight excluding hydrogens is 482 g/mol. The molecule has 186 valence electrons. The van der Waals surface area contributed by atoms with Gasteiger partial charge < -0.3 is 14.8 Å². The molecule has 2 atom stereocenters. The van der Waals surface area contributed by atoms with Crippen LogP contribution in [0.5, 0.6) is 0 Å². The molecule has 1 amide bonds. The fraction of sp³-hybridized carbons (Fsp3) is 0.156. The lowest BCUT2D eigenvalue weighted by Crippen LogP contribution is -2.31. The van der Waals surface area contributed by atoms with E-state index in [9.17, 15) is 9.90 Å². The molecule has 2 N–H and O–H groups in total. The van der Waals surface area contributed by atoms with Gasteiger partial charge >= 0.3 is 0 Å². The van der Waals surface area contributed by atoms with Crippen molar-refractivity contribution < 1.29 is 14.3 Å². The van der Waals surface area contributed by atoms with Crippen LogP contribution in [-0.4, -0.2) is 11.0 Å². The molecule has 0 aliphatic carbocycles. The number of aryl methyl sites for hydroxylation is 2. The smallest absolute Gasteiger partial charge is 0.225 e. The first-order chi connectivity index (χ1) is 17.9. The number of aliphatic hydroxyl groups is 1. The van der Waals surface area contributed by atoms with Gasteiger partial charge in [0.05, 0.1) is 12.5 Å². The standard InChI is InChI=1S/C32H28ClNO3/c1-20-8-14-27(21(2)16-20)31(23-6-4-3-5-7-23)34-30(35)18-22-9-15-28-25(17-22)19-29(37-28)32(36)24-10-12-26(33)13-11-24/h3-17,19,31-32,36H,18H2,1-2H3,(H,34,35)/t31-,32?/m0/s1. The molecule has 5 rings (SSSR count). The number of furan rings is 1. The van der Waals surface area contributed by atoms with Crippen molar-refractivity contribution in [2.75, 3.05) is 0 Å². The summed E-state index contributed by atoms with van der Waals surface area (Å²) in [6.07, 6.45) is -0.675. The zero-order valence-corrected chi connectivity index (χ0v) is 21.5. The lowest BCUT2D eigenvalue weighted by molar-refractivity contribution is -0.120. The normalized spacial score (nSPS) is 12.9. The van der Waals surface area contributed by atoms with Crippen molar-refractivity contribution in [3.05, 3.63) is 141 Å². The van der Waals surface area contributed by atoms with Crippen LogP contribution in [-0.2, 0) is 11.2 Å². The highest BCUT2D eigenvalue weighted by Crippen LogP contribution is 2.30. The monoisotopic (exact) mass is 509 g/mol. The lowest BCUT2D eigenvalue weighted by atomic mass is 9.93. The quantitative estimate of drug-likeness (QED) is 0.243. The van der Waals surface area contributed by atoms with Crippen molar-refractivity contribution in [2.24, 2.45) is 0 Å². The van der Waals surface area contributed by atoms with Crippen LogP contribution in [0.4, 0.5) is 0 Å². The Hall–Kier alpha value is -3.86. The molecule has 0 spiro atoms. The molecule has 0 saturated heterocycles. The fourth-order valence-corrected chi connectivity index (χ4v) is 4.83. The average molecular weight is 510 g/mol. The Balaban J connectivity index is 1.36. The first-order valence-electron chi connectivity index (χ1n) is 12.2.